The molecule has 0 atom stereocenters. The minimum absolute atomic E-state index is 0.00850. The van der Waals surface area contributed by atoms with Gasteiger partial charge in [-0.1, -0.05) is 310 Å². The summed E-state index contributed by atoms with van der Waals surface area (Å²) >= 11 is 0. The van der Waals surface area contributed by atoms with Crippen molar-refractivity contribution in [3.05, 3.63) is 348 Å². The van der Waals surface area contributed by atoms with Crippen molar-refractivity contribution in [2.45, 2.75) is 131 Å². The van der Waals surface area contributed by atoms with Gasteiger partial charge in [-0.25, -0.2) is 0 Å². The van der Waals surface area contributed by atoms with Crippen molar-refractivity contribution in [3.8, 4) is 73.7 Å². The zero-order valence-corrected chi connectivity index (χ0v) is 70.5. The van der Waals surface area contributed by atoms with Crippen molar-refractivity contribution in [3.63, 3.8) is 0 Å². The lowest BCUT2D eigenvalue weighted by Crippen LogP contribution is -2.61. The van der Waals surface area contributed by atoms with Crippen LogP contribution in [0.4, 0.5) is 34.1 Å². The molecule has 18 aromatic rings. The van der Waals surface area contributed by atoms with Crippen LogP contribution in [0.1, 0.15) is 155 Å². The molecule has 0 fully saturated rings. The summed E-state index contributed by atoms with van der Waals surface area (Å²) in [5.74, 6) is 0. The lowest BCUT2D eigenvalue weighted by molar-refractivity contribution is 0.569. The van der Waals surface area contributed by atoms with Crippen LogP contribution in [0.25, 0.3) is 127 Å². The van der Waals surface area contributed by atoms with Gasteiger partial charge in [-0.15, -0.1) is 0 Å². The second-order valence-corrected chi connectivity index (χ2v) is 37.7. The Bertz CT molecular complexity index is 7770. The van der Waals surface area contributed by atoms with Gasteiger partial charge in [0.25, 0.3) is 6.71 Å². The Hall–Kier alpha value is -13.7. The highest BCUT2D eigenvalue weighted by Crippen LogP contribution is 2.55. The van der Waals surface area contributed by atoms with Crippen molar-refractivity contribution in [2.24, 2.45) is 0 Å². The quantitative estimate of drug-likeness (QED) is 0.135. The molecule has 0 saturated heterocycles. The van der Waals surface area contributed by atoms with E-state index in [9.17, 15) is 21.5 Å². The van der Waals surface area contributed by atoms with Crippen LogP contribution in [0.3, 0.4) is 0 Å². The lowest BCUT2D eigenvalue weighted by Gasteiger charge is -2.45. The summed E-state index contributed by atoms with van der Waals surface area (Å²) in [4.78, 5) is 4.50. The fourth-order valence-electron chi connectivity index (χ4n) is 19.0. The number of para-hydroxylation sites is 4. The lowest BCUT2D eigenvalue weighted by atomic mass is 9.33. The predicted molar refractivity (Wildman–Crippen MR) is 508 cm³/mol. The van der Waals surface area contributed by atoms with E-state index in [1.54, 1.807) is 0 Å². The third-order valence-electron chi connectivity index (χ3n) is 25.0. The summed E-state index contributed by atoms with van der Waals surface area (Å²) in [6.45, 7) is 32.2. The van der Waals surface area contributed by atoms with Gasteiger partial charge in [0.2, 0.25) is 0 Å². The molecule has 0 unspecified atom stereocenters. The van der Waals surface area contributed by atoms with Crippen molar-refractivity contribution < 1.29 is 12.3 Å². The molecule has 0 aliphatic carbocycles. The molecule has 582 valence electrons. The molecule has 2 aliphatic rings. The average Bonchev–Trinajstić information content (AvgIpc) is 1.19. The Labute approximate surface area is 717 Å². The van der Waals surface area contributed by atoms with Crippen molar-refractivity contribution in [1.29, 1.82) is 10.5 Å². The topological polar surface area (TPSA) is 68.8 Å². The first-order chi connectivity index (χ1) is 61.4. The monoisotopic (exact) mass is 1560 g/mol. The highest BCUT2D eigenvalue weighted by molar-refractivity contribution is 7.00. The molecular weight excluding hydrogens is 1450 g/mol. The molecule has 0 spiro atoms. The average molecular weight is 1560 g/mol. The number of fused-ring (bicyclic) bond motifs is 13. The molecule has 120 heavy (non-hydrogen) atoms. The van der Waals surface area contributed by atoms with Gasteiger partial charge in [-0.05, 0) is 213 Å². The molecule has 0 amide bonds. The van der Waals surface area contributed by atoms with E-state index < -0.39 is 42.3 Å². The first-order valence-electron chi connectivity index (χ1n) is 46.0. The Morgan fingerprint density at radius 3 is 1.30 bits per heavy atom. The second kappa shape index (κ2) is 27.5. The van der Waals surface area contributed by atoms with Gasteiger partial charge in [0.1, 0.15) is 17.7 Å². The van der Waals surface area contributed by atoms with Gasteiger partial charge >= 0.3 is 0 Å². The van der Waals surface area contributed by atoms with E-state index in [4.69, 9.17) is 1.37 Å². The van der Waals surface area contributed by atoms with Gasteiger partial charge in [-0.2, -0.15) is 10.5 Å². The van der Waals surface area contributed by atoms with Crippen LogP contribution in [-0.2, 0) is 27.1 Å². The van der Waals surface area contributed by atoms with Crippen LogP contribution in [0.15, 0.2) is 309 Å². The zero-order chi connectivity index (χ0) is 90.8. The molecule has 0 N–H and O–H groups in total. The van der Waals surface area contributed by atoms with E-state index in [0.717, 1.165) is 115 Å². The van der Waals surface area contributed by atoms with Crippen LogP contribution in [0.2, 0.25) is 0 Å². The Balaban J connectivity index is 1.01. The molecule has 0 saturated carbocycles. The van der Waals surface area contributed by atoms with Gasteiger partial charge in [-0.3, -0.25) is 0 Å². The van der Waals surface area contributed by atoms with Crippen LogP contribution in [-0.4, -0.2) is 20.4 Å². The maximum Gasteiger partial charge on any atom is 0.252 e. The maximum absolute atomic E-state index is 12.8. The number of rotatable bonds is 9. The SMILES string of the molecule is [2H]c1c([2H])c([2H])c(-c2ccccc2-c2cc3c4c(c2)N(c2ccc(C#N)c(-n5c6ccccc6c6ccccc65)c2-c2c([2H])c([2H])c([2H])c([2H])c2C(C)(C)C)c2cc(-c5cc(C(C)(C)C)cc(C(C)(C)C)c5)ccc2B4c2ccc(-n4c5ccc(C(C)(C)C)cc5c5cc(C(C)(C)C)ccc54)cc2N3c2cccc(-n3c4ccccc4c4ccccc43)c2C#N)c([2H])c1[2H]. The fraction of sp³-hybridized carbons (Fsp3) is 0.179. The highest BCUT2D eigenvalue weighted by atomic mass is 15.2. The van der Waals surface area contributed by atoms with Crippen LogP contribution in [0, 0.1) is 22.7 Å². The minimum atomic E-state index is -1.00. The highest BCUT2D eigenvalue weighted by Gasteiger charge is 2.46. The second-order valence-electron chi connectivity index (χ2n) is 37.7. The van der Waals surface area contributed by atoms with Crippen LogP contribution < -0.4 is 26.2 Å². The van der Waals surface area contributed by atoms with Crippen LogP contribution in [0.5, 0.6) is 0 Å². The molecule has 15 aromatic carbocycles. The van der Waals surface area contributed by atoms with E-state index in [1.165, 1.54) is 11.1 Å². The summed E-state index contributed by atoms with van der Waals surface area (Å²) in [5.41, 5.74) is 20.6. The summed E-state index contributed by atoms with van der Waals surface area (Å²) in [6.07, 6.45) is 0. The standard InChI is InChI=1S/C112H96BN7/c1-108(2,3)74-50-56-98-86(64-74)87-65-75(109(4,5)6)51-57-99(87)116(98)78-52-54-91-102(66-78)118(97-47-31-46-96(88(97)68-115)117-92-42-27-22-36-81(92)82-37-23-28-43-93(82)117)103-61-73(80-35-20-19-34-79(80)69-32-17-16-18-33-69)62-104-106(103)113(91)90-53-48-70(72-58-76(110(7,8)9)63-77(59-72)111(10,11)12)60-101(90)119(104)100-55-49-71(67-114)107(105(100)85-40-21-26-41-89(85)112(13,14)15)120-94-44-29-24-38-83(94)84-39-25-30-45-95(84)120/h16-66H,1-15H3/i16D,17D,18D,21D,26D,32D,33D,40D,41D. The number of nitriles is 2. The van der Waals surface area contributed by atoms with Gasteiger partial charge in [0.05, 0.1) is 73.8 Å². The zero-order valence-electron chi connectivity index (χ0n) is 79.5. The molecule has 20 rings (SSSR count). The molecule has 0 bridgehead atoms. The number of aromatic nitrogens is 3. The van der Waals surface area contributed by atoms with E-state index in [1.807, 2.05) is 136 Å². The summed E-state index contributed by atoms with van der Waals surface area (Å²) in [5, 5.41) is 31.1. The molecule has 0 radical (unpaired) electrons. The van der Waals surface area contributed by atoms with E-state index >= 15 is 0 Å². The van der Waals surface area contributed by atoms with Gasteiger partial charge < -0.3 is 23.5 Å². The Morgan fingerprint density at radius 2 is 0.767 bits per heavy atom. The number of nitrogens with zero attached hydrogens (tertiary/aromatic N) is 7. The summed E-state index contributed by atoms with van der Waals surface area (Å²) in [6, 6.07) is 90.3. The first kappa shape index (κ1) is 65.4. The molecule has 5 heterocycles. The van der Waals surface area contributed by atoms with Crippen molar-refractivity contribution >= 4 is 123 Å². The molecule has 3 aromatic heterocycles. The number of anilines is 6. The van der Waals surface area contributed by atoms with E-state index in [-0.39, 0.29) is 62.5 Å². The van der Waals surface area contributed by atoms with E-state index in [2.05, 4.69) is 258 Å². The smallest absolute Gasteiger partial charge is 0.252 e. The molecule has 7 nitrogen and oxygen atoms in total. The number of hydrogen-bond donors (Lipinski definition) is 0. The fourth-order valence-corrected chi connectivity index (χ4v) is 19.0. The van der Waals surface area contributed by atoms with Crippen molar-refractivity contribution in [2.75, 3.05) is 9.80 Å². The Morgan fingerprint density at radius 1 is 0.300 bits per heavy atom. The summed E-state index contributed by atoms with van der Waals surface area (Å²) in [7, 11) is 0. The maximum atomic E-state index is 12.8. The largest absolute Gasteiger partial charge is 0.311 e. The van der Waals surface area contributed by atoms with Crippen molar-refractivity contribution in [1.82, 2.24) is 13.7 Å². The number of hydrogen-bond acceptors (Lipinski definition) is 4. The predicted octanol–water partition coefficient (Wildman–Crippen LogP) is 28.0. The summed E-state index contributed by atoms with van der Waals surface area (Å²) < 4.78 is 94.8. The molecule has 2 aliphatic heterocycles. The third-order valence-corrected chi connectivity index (χ3v) is 25.0. The molecular formula is C112H96BN7. The van der Waals surface area contributed by atoms with E-state index in [0.29, 0.717) is 73.2 Å². The minimum Gasteiger partial charge on any atom is -0.311 e. The third kappa shape index (κ3) is 12.0. The van der Waals surface area contributed by atoms with Crippen LogP contribution >= 0.6 is 0 Å². The van der Waals surface area contributed by atoms with Gasteiger partial charge in [0, 0.05) is 66.3 Å². The van der Waals surface area contributed by atoms with Gasteiger partial charge in [0.15, 0.2) is 0 Å². The number of benzene rings is 15. The normalized spacial score (nSPS) is 14.1. The first-order valence-corrected chi connectivity index (χ1v) is 41.5. The molecule has 8 heteroatoms. The Kier molecular flexibility index (Phi) is 15.0.